The highest BCUT2D eigenvalue weighted by Gasteiger charge is 2.26. The predicted molar refractivity (Wildman–Crippen MR) is 42.9 cm³/mol. The van der Waals surface area contributed by atoms with Gasteiger partial charge in [0.2, 0.25) is 0 Å². The van der Waals surface area contributed by atoms with Crippen LogP contribution in [-0.4, -0.2) is 24.3 Å². The van der Waals surface area contributed by atoms with Crippen molar-refractivity contribution in [1.82, 2.24) is 6.15 Å². The number of carboxylic acids is 1. The van der Waals surface area contributed by atoms with Gasteiger partial charge in [0.1, 0.15) is 0 Å². The Balaban J connectivity index is 0. The molecule has 0 fully saturated rings. The number of hydrogen-bond acceptors (Lipinski definition) is 3. The van der Waals surface area contributed by atoms with E-state index in [4.69, 9.17) is 9.84 Å². The van der Waals surface area contributed by atoms with E-state index in [0.717, 1.165) is 0 Å². The van der Waals surface area contributed by atoms with Crippen molar-refractivity contribution in [3.05, 3.63) is 0 Å². The topological polar surface area (TPSA) is 81.5 Å². The summed E-state index contributed by atoms with van der Waals surface area (Å²) >= 11 is 0. The minimum absolute atomic E-state index is 0. The van der Waals surface area contributed by atoms with Gasteiger partial charge in [0.05, 0.1) is 12.0 Å². The van der Waals surface area contributed by atoms with Gasteiger partial charge < -0.3 is 16.0 Å². The summed E-state index contributed by atoms with van der Waals surface area (Å²) in [6, 6.07) is 0. The first kappa shape index (κ1) is 13.0. The number of rotatable bonds is 4. The quantitative estimate of drug-likeness (QED) is 0.654. The fourth-order valence-corrected chi connectivity index (χ4v) is 0.419. The average Bonchev–Trinajstić information content (AvgIpc) is 1.84. The van der Waals surface area contributed by atoms with Crippen molar-refractivity contribution in [2.75, 3.05) is 13.2 Å². The summed E-state index contributed by atoms with van der Waals surface area (Å²) in [7, 11) is 0. The van der Waals surface area contributed by atoms with Gasteiger partial charge in [-0.1, -0.05) is 0 Å². The minimum atomic E-state index is -0.819. The molecule has 0 aliphatic rings. The predicted octanol–water partition coefficient (Wildman–Crippen LogP) is 1.30. The third kappa shape index (κ3) is 4.75. The largest absolute Gasteiger partial charge is 0.481 e. The third-order valence-corrected chi connectivity index (χ3v) is 1.25. The third-order valence-electron chi connectivity index (χ3n) is 1.25. The van der Waals surface area contributed by atoms with Crippen LogP contribution in [0.2, 0.25) is 0 Å². The number of carboxylic acid groups (broad SMARTS) is 1. The first-order chi connectivity index (χ1) is 4.50. The molecule has 0 aromatic rings. The average molecular weight is 163 g/mol. The highest BCUT2D eigenvalue weighted by atomic mass is 16.5. The molecule has 0 aromatic heterocycles. The van der Waals surface area contributed by atoms with Crippen LogP contribution in [0.1, 0.15) is 20.8 Å². The number of hydrogen-bond donors (Lipinski definition) is 2. The summed E-state index contributed by atoms with van der Waals surface area (Å²) in [4.78, 5) is 10.4. The lowest BCUT2D eigenvalue weighted by atomic mass is 9.95. The SMILES string of the molecule is CCOCC(C)(C)C(=O)O.N. The summed E-state index contributed by atoms with van der Waals surface area (Å²) in [6.07, 6.45) is 0. The molecule has 0 amide bonds. The molecule has 11 heavy (non-hydrogen) atoms. The van der Waals surface area contributed by atoms with E-state index in [0.29, 0.717) is 6.61 Å². The van der Waals surface area contributed by atoms with E-state index in [1.807, 2.05) is 6.92 Å². The lowest BCUT2D eigenvalue weighted by molar-refractivity contribution is -0.150. The highest BCUT2D eigenvalue weighted by molar-refractivity contribution is 5.73. The van der Waals surface area contributed by atoms with Crippen LogP contribution < -0.4 is 6.15 Å². The fourth-order valence-electron chi connectivity index (χ4n) is 0.419. The molecule has 4 heteroatoms. The lowest BCUT2D eigenvalue weighted by Gasteiger charge is -2.17. The van der Waals surface area contributed by atoms with Crippen LogP contribution in [-0.2, 0) is 9.53 Å². The molecule has 0 atom stereocenters. The van der Waals surface area contributed by atoms with E-state index in [2.05, 4.69) is 0 Å². The molecule has 0 rings (SSSR count). The summed E-state index contributed by atoms with van der Waals surface area (Å²) < 4.78 is 4.98. The van der Waals surface area contributed by atoms with E-state index >= 15 is 0 Å². The Bertz CT molecular complexity index is 123. The maximum atomic E-state index is 10.4. The van der Waals surface area contributed by atoms with Crippen LogP contribution in [0.5, 0.6) is 0 Å². The highest BCUT2D eigenvalue weighted by Crippen LogP contribution is 2.14. The Kier molecular flexibility index (Phi) is 6.03. The monoisotopic (exact) mass is 163 g/mol. The van der Waals surface area contributed by atoms with Crippen molar-refractivity contribution in [3.8, 4) is 0 Å². The molecule has 0 radical (unpaired) electrons. The van der Waals surface area contributed by atoms with Crippen molar-refractivity contribution in [2.24, 2.45) is 5.41 Å². The van der Waals surface area contributed by atoms with E-state index in [1.165, 1.54) is 0 Å². The fraction of sp³-hybridized carbons (Fsp3) is 0.857. The summed E-state index contributed by atoms with van der Waals surface area (Å²) in [5, 5.41) is 8.59. The van der Waals surface area contributed by atoms with E-state index in [1.54, 1.807) is 13.8 Å². The van der Waals surface area contributed by atoms with Crippen molar-refractivity contribution >= 4 is 5.97 Å². The van der Waals surface area contributed by atoms with Crippen LogP contribution in [0.4, 0.5) is 0 Å². The molecular formula is C7H17NO3. The maximum Gasteiger partial charge on any atom is 0.311 e. The van der Waals surface area contributed by atoms with E-state index in [9.17, 15) is 4.79 Å². The Morgan fingerprint density at radius 1 is 1.55 bits per heavy atom. The molecule has 68 valence electrons. The molecule has 0 spiro atoms. The molecule has 0 aromatic carbocycles. The molecule has 0 saturated carbocycles. The van der Waals surface area contributed by atoms with Gasteiger partial charge in [-0.2, -0.15) is 0 Å². The van der Waals surface area contributed by atoms with Crippen LogP contribution in [0.15, 0.2) is 0 Å². The molecule has 0 aliphatic heterocycles. The van der Waals surface area contributed by atoms with E-state index < -0.39 is 11.4 Å². The summed E-state index contributed by atoms with van der Waals surface area (Å²) in [5.41, 5.74) is -0.754. The molecular weight excluding hydrogens is 146 g/mol. The van der Waals surface area contributed by atoms with Crippen LogP contribution in [0.25, 0.3) is 0 Å². The number of ether oxygens (including phenoxy) is 1. The first-order valence-electron chi connectivity index (χ1n) is 3.32. The van der Waals surface area contributed by atoms with Gasteiger partial charge in [0.15, 0.2) is 0 Å². The van der Waals surface area contributed by atoms with Gasteiger partial charge in [-0.25, -0.2) is 0 Å². The van der Waals surface area contributed by atoms with Crippen molar-refractivity contribution < 1.29 is 14.6 Å². The maximum absolute atomic E-state index is 10.4. The van der Waals surface area contributed by atoms with Gasteiger partial charge in [-0.3, -0.25) is 4.79 Å². The van der Waals surface area contributed by atoms with Crippen molar-refractivity contribution in [3.63, 3.8) is 0 Å². The molecule has 0 aliphatic carbocycles. The molecule has 0 saturated heterocycles. The Labute approximate surface area is 67.1 Å². The summed E-state index contributed by atoms with van der Waals surface area (Å²) in [5.74, 6) is -0.819. The van der Waals surface area contributed by atoms with Gasteiger partial charge in [0.25, 0.3) is 0 Å². The normalized spacial score (nSPS) is 10.5. The molecule has 0 heterocycles. The smallest absolute Gasteiger partial charge is 0.311 e. The second-order valence-electron chi connectivity index (χ2n) is 2.83. The second-order valence-corrected chi connectivity index (χ2v) is 2.83. The van der Waals surface area contributed by atoms with Crippen LogP contribution >= 0.6 is 0 Å². The Morgan fingerprint density at radius 2 is 2.00 bits per heavy atom. The zero-order valence-electron chi connectivity index (χ0n) is 7.39. The van der Waals surface area contributed by atoms with Crippen molar-refractivity contribution in [1.29, 1.82) is 0 Å². The van der Waals surface area contributed by atoms with Gasteiger partial charge >= 0.3 is 5.97 Å². The van der Waals surface area contributed by atoms with Crippen LogP contribution in [0.3, 0.4) is 0 Å². The standard InChI is InChI=1S/C7H14O3.H3N/c1-4-10-5-7(2,3)6(8)9;/h4-5H2,1-3H3,(H,8,9);1H3. The molecule has 0 unspecified atom stereocenters. The van der Waals surface area contributed by atoms with Gasteiger partial charge in [-0.05, 0) is 20.8 Å². The first-order valence-corrected chi connectivity index (χ1v) is 3.32. The zero-order chi connectivity index (χ0) is 8.20. The Morgan fingerprint density at radius 3 is 2.27 bits per heavy atom. The second kappa shape index (κ2) is 5.09. The van der Waals surface area contributed by atoms with E-state index in [-0.39, 0.29) is 12.8 Å². The van der Waals surface area contributed by atoms with Crippen molar-refractivity contribution in [2.45, 2.75) is 20.8 Å². The van der Waals surface area contributed by atoms with Gasteiger partial charge in [0, 0.05) is 6.61 Å². The number of aliphatic carboxylic acids is 1. The molecule has 4 N–H and O–H groups in total. The lowest BCUT2D eigenvalue weighted by Crippen LogP contribution is -2.29. The molecule has 4 nitrogen and oxygen atoms in total. The number of carbonyl (C=O) groups is 1. The zero-order valence-corrected chi connectivity index (χ0v) is 7.39. The molecule has 0 bridgehead atoms. The Hall–Kier alpha value is -0.610. The van der Waals surface area contributed by atoms with Crippen LogP contribution in [0, 0.1) is 5.41 Å². The van der Waals surface area contributed by atoms with Gasteiger partial charge in [-0.15, -0.1) is 0 Å². The summed E-state index contributed by atoms with van der Waals surface area (Å²) in [6.45, 7) is 5.98. The minimum Gasteiger partial charge on any atom is -0.481 e.